The largest absolute Gasteiger partial charge is 0.288 e. The van der Waals surface area contributed by atoms with Crippen molar-refractivity contribution in [3.8, 4) is 0 Å². The molecule has 0 radical (unpaired) electrons. The Morgan fingerprint density at radius 1 is 1.27 bits per heavy atom. The molecule has 1 aromatic rings. The number of rotatable bonds is 2. The Morgan fingerprint density at radius 2 is 2.13 bits per heavy atom. The highest BCUT2D eigenvalue weighted by molar-refractivity contribution is 7.08. The van der Waals surface area contributed by atoms with Crippen LogP contribution in [0.5, 0.6) is 0 Å². The molecule has 0 N–H and O–H groups in total. The lowest BCUT2D eigenvalue weighted by Gasteiger charge is -2.08. The number of carbonyl (C=O) groups excluding carboxylic acids is 1. The first-order valence-corrected chi connectivity index (χ1v) is 6.16. The van der Waals surface area contributed by atoms with Gasteiger partial charge in [0.2, 0.25) is 5.78 Å². The van der Waals surface area contributed by atoms with E-state index in [9.17, 15) is 4.79 Å². The first-order chi connectivity index (χ1) is 7.38. The Bertz CT molecular complexity index is 357. The van der Waals surface area contributed by atoms with E-state index < -0.39 is 0 Å². The van der Waals surface area contributed by atoms with Crippen molar-refractivity contribution in [1.82, 2.24) is 9.59 Å². The lowest BCUT2D eigenvalue weighted by Crippen LogP contribution is -2.03. The van der Waals surface area contributed by atoms with Crippen LogP contribution in [0.4, 0.5) is 0 Å². The standard InChI is InChI=1S/C11H14N2OS/c14-11(10-8-12-13-15-10)9-6-4-2-1-3-5-7-9/h6,8H,1-5,7H2/b9-6+. The van der Waals surface area contributed by atoms with Crippen LogP contribution < -0.4 is 0 Å². The SMILES string of the molecule is O=C(/C1=C/CCCCCC1)c1cnns1. The fourth-order valence-corrected chi connectivity index (χ4v) is 2.31. The van der Waals surface area contributed by atoms with E-state index in [0.717, 1.165) is 24.8 Å². The van der Waals surface area contributed by atoms with Crippen LogP contribution in [0.25, 0.3) is 0 Å². The van der Waals surface area contributed by atoms with Gasteiger partial charge in [-0.25, -0.2) is 0 Å². The van der Waals surface area contributed by atoms with Gasteiger partial charge in [-0.3, -0.25) is 4.79 Å². The third kappa shape index (κ3) is 2.72. The maximum Gasteiger partial charge on any atom is 0.201 e. The van der Waals surface area contributed by atoms with Crippen LogP contribution in [0.1, 0.15) is 48.2 Å². The summed E-state index contributed by atoms with van der Waals surface area (Å²) in [7, 11) is 0. The molecule has 3 nitrogen and oxygen atoms in total. The van der Waals surface area contributed by atoms with E-state index in [1.807, 2.05) is 0 Å². The quantitative estimate of drug-likeness (QED) is 0.722. The molecule has 0 aliphatic heterocycles. The molecule has 1 aliphatic carbocycles. The van der Waals surface area contributed by atoms with Crippen molar-refractivity contribution in [1.29, 1.82) is 0 Å². The zero-order chi connectivity index (χ0) is 10.5. The van der Waals surface area contributed by atoms with E-state index >= 15 is 0 Å². The van der Waals surface area contributed by atoms with Gasteiger partial charge in [-0.1, -0.05) is 23.4 Å². The molecule has 0 unspecified atom stereocenters. The van der Waals surface area contributed by atoms with Gasteiger partial charge in [-0.05, 0) is 42.8 Å². The highest BCUT2D eigenvalue weighted by atomic mass is 32.1. The molecule has 0 saturated heterocycles. The van der Waals surface area contributed by atoms with Gasteiger partial charge in [0, 0.05) is 0 Å². The molecule has 1 aliphatic rings. The van der Waals surface area contributed by atoms with Crippen LogP contribution in [-0.2, 0) is 0 Å². The Balaban J connectivity index is 2.11. The average molecular weight is 222 g/mol. The number of carbonyl (C=O) groups is 1. The summed E-state index contributed by atoms with van der Waals surface area (Å²) >= 11 is 1.19. The number of Topliss-reactive ketones (excluding diaryl/α,β-unsaturated/α-hetero) is 1. The average Bonchev–Trinajstić information content (AvgIpc) is 2.68. The molecule has 15 heavy (non-hydrogen) atoms. The van der Waals surface area contributed by atoms with Gasteiger partial charge in [0.15, 0.2) is 0 Å². The zero-order valence-corrected chi connectivity index (χ0v) is 9.42. The summed E-state index contributed by atoms with van der Waals surface area (Å²) in [4.78, 5) is 12.7. The number of allylic oxidation sites excluding steroid dienone is 2. The number of hydrogen-bond acceptors (Lipinski definition) is 4. The van der Waals surface area contributed by atoms with Crippen molar-refractivity contribution in [3.05, 3.63) is 22.7 Å². The summed E-state index contributed by atoms with van der Waals surface area (Å²) in [5.74, 6) is 0.131. The monoisotopic (exact) mass is 222 g/mol. The highest BCUT2D eigenvalue weighted by Gasteiger charge is 2.14. The van der Waals surface area contributed by atoms with Gasteiger partial charge < -0.3 is 0 Å². The van der Waals surface area contributed by atoms with Crippen LogP contribution >= 0.6 is 11.5 Å². The van der Waals surface area contributed by atoms with Crippen molar-refractivity contribution in [2.24, 2.45) is 0 Å². The first kappa shape index (κ1) is 10.5. The zero-order valence-electron chi connectivity index (χ0n) is 8.61. The van der Waals surface area contributed by atoms with Crippen molar-refractivity contribution >= 4 is 17.3 Å². The molecule has 0 saturated carbocycles. The predicted molar refractivity (Wildman–Crippen MR) is 60.0 cm³/mol. The van der Waals surface area contributed by atoms with E-state index in [2.05, 4.69) is 15.7 Å². The van der Waals surface area contributed by atoms with E-state index in [1.165, 1.54) is 30.8 Å². The normalized spacial score (nSPS) is 21.2. The second-order valence-electron chi connectivity index (χ2n) is 3.79. The highest BCUT2D eigenvalue weighted by Crippen LogP contribution is 2.21. The summed E-state index contributed by atoms with van der Waals surface area (Å²) in [6.45, 7) is 0. The minimum atomic E-state index is 0.131. The molecule has 1 aromatic heterocycles. The van der Waals surface area contributed by atoms with Crippen LogP contribution in [0.15, 0.2) is 17.8 Å². The lowest BCUT2D eigenvalue weighted by molar-refractivity contribution is 0.103. The number of aromatic nitrogens is 2. The minimum absolute atomic E-state index is 0.131. The predicted octanol–water partition coefficient (Wildman–Crippen LogP) is 3.00. The molecule has 2 rings (SSSR count). The Kier molecular flexibility index (Phi) is 3.61. The van der Waals surface area contributed by atoms with Gasteiger partial charge >= 0.3 is 0 Å². The molecule has 80 valence electrons. The van der Waals surface area contributed by atoms with Crippen LogP contribution in [0, 0.1) is 0 Å². The third-order valence-electron chi connectivity index (χ3n) is 2.67. The summed E-state index contributed by atoms with van der Waals surface area (Å²) in [6.07, 6.45) is 10.5. The van der Waals surface area contributed by atoms with Crippen LogP contribution in [0.2, 0.25) is 0 Å². The van der Waals surface area contributed by atoms with Gasteiger partial charge in [-0.2, -0.15) is 0 Å². The number of hydrogen-bond donors (Lipinski definition) is 0. The Hall–Kier alpha value is -1.03. The smallest absolute Gasteiger partial charge is 0.201 e. The molecule has 4 heteroatoms. The third-order valence-corrected chi connectivity index (χ3v) is 3.33. The fraction of sp³-hybridized carbons (Fsp3) is 0.545. The van der Waals surface area contributed by atoms with E-state index in [4.69, 9.17) is 0 Å². The molecule has 0 fully saturated rings. The maximum atomic E-state index is 12.0. The minimum Gasteiger partial charge on any atom is -0.288 e. The second-order valence-corrected chi connectivity index (χ2v) is 4.58. The molecule has 0 aromatic carbocycles. The van der Waals surface area contributed by atoms with E-state index in [1.54, 1.807) is 6.20 Å². The Morgan fingerprint density at radius 3 is 2.93 bits per heavy atom. The molecule has 0 bridgehead atoms. The topological polar surface area (TPSA) is 42.9 Å². The van der Waals surface area contributed by atoms with Crippen LogP contribution in [-0.4, -0.2) is 15.4 Å². The van der Waals surface area contributed by atoms with Crippen LogP contribution in [0.3, 0.4) is 0 Å². The van der Waals surface area contributed by atoms with Crippen molar-refractivity contribution in [2.75, 3.05) is 0 Å². The fourth-order valence-electron chi connectivity index (χ4n) is 1.82. The lowest BCUT2D eigenvalue weighted by atomic mass is 9.97. The number of ketones is 1. The molecular weight excluding hydrogens is 208 g/mol. The van der Waals surface area contributed by atoms with Gasteiger partial charge in [0.05, 0.1) is 6.20 Å². The summed E-state index contributed by atoms with van der Waals surface area (Å²) in [5, 5.41) is 3.70. The second kappa shape index (κ2) is 5.16. The van der Waals surface area contributed by atoms with Gasteiger partial charge in [0.25, 0.3) is 0 Å². The van der Waals surface area contributed by atoms with E-state index in [0.29, 0.717) is 4.88 Å². The van der Waals surface area contributed by atoms with Gasteiger partial charge in [-0.15, -0.1) is 5.10 Å². The van der Waals surface area contributed by atoms with Crippen molar-refractivity contribution in [2.45, 2.75) is 38.5 Å². The summed E-state index contributed by atoms with van der Waals surface area (Å²) < 4.78 is 3.72. The number of nitrogens with zero attached hydrogens (tertiary/aromatic N) is 2. The molecule has 0 atom stereocenters. The molecule has 0 amide bonds. The maximum absolute atomic E-state index is 12.0. The van der Waals surface area contributed by atoms with Crippen molar-refractivity contribution in [3.63, 3.8) is 0 Å². The van der Waals surface area contributed by atoms with E-state index in [-0.39, 0.29) is 5.78 Å². The molecule has 0 spiro atoms. The Labute approximate surface area is 93.4 Å². The van der Waals surface area contributed by atoms with Crippen molar-refractivity contribution < 1.29 is 4.79 Å². The molecular formula is C11H14N2OS. The molecule has 1 heterocycles. The summed E-state index contributed by atoms with van der Waals surface area (Å²) in [6, 6.07) is 0. The first-order valence-electron chi connectivity index (χ1n) is 5.39. The van der Waals surface area contributed by atoms with Gasteiger partial charge in [0.1, 0.15) is 4.88 Å². The summed E-state index contributed by atoms with van der Waals surface area (Å²) in [5.41, 5.74) is 0.959.